The van der Waals surface area contributed by atoms with Gasteiger partial charge in [-0.3, -0.25) is 9.59 Å². The van der Waals surface area contributed by atoms with E-state index in [4.69, 9.17) is 4.74 Å². The molecular formula is C32H51N3O4. The van der Waals surface area contributed by atoms with Gasteiger partial charge in [0.2, 0.25) is 11.8 Å². The van der Waals surface area contributed by atoms with Crippen molar-refractivity contribution in [1.29, 1.82) is 0 Å². The van der Waals surface area contributed by atoms with E-state index < -0.39 is 11.7 Å². The second-order valence-electron chi connectivity index (χ2n) is 9.99. The number of rotatable bonds is 19. The van der Waals surface area contributed by atoms with Crippen LogP contribution in [0, 0.1) is 0 Å². The van der Waals surface area contributed by atoms with Crippen LogP contribution in [0.2, 0.25) is 0 Å². The second-order valence-corrected chi connectivity index (χ2v) is 9.99. The molecule has 218 valence electrons. The van der Waals surface area contributed by atoms with Crippen LogP contribution in [0.5, 0.6) is 0 Å². The van der Waals surface area contributed by atoms with Gasteiger partial charge in [-0.15, -0.1) is 0 Å². The zero-order valence-electron chi connectivity index (χ0n) is 24.8. The predicted octanol–water partition coefficient (Wildman–Crippen LogP) is 6.56. The molecule has 7 heteroatoms. The van der Waals surface area contributed by atoms with Gasteiger partial charge >= 0.3 is 6.09 Å². The van der Waals surface area contributed by atoms with Crippen molar-refractivity contribution in [3.05, 3.63) is 72.9 Å². The first kappa shape index (κ1) is 35.6. The lowest BCUT2D eigenvalue weighted by molar-refractivity contribution is -0.123. The Kier molecular flexibility index (Phi) is 21.7. The summed E-state index contributed by atoms with van der Waals surface area (Å²) >= 11 is 0. The van der Waals surface area contributed by atoms with E-state index in [9.17, 15) is 14.4 Å². The number of hydrogen-bond donors (Lipinski definition) is 2. The van der Waals surface area contributed by atoms with Gasteiger partial charge in [0, 0.05) is 26.6 Å². The monoisotopic (exact) mass is 541 g/mol. The van der Waals surface area contributed by atoms with Crippen molar-refractivity contribution in [2.45, 2.75) is 84.7 Å². The van der Waals surface area contributed by atoms with Crippen LogP contribution in [0.3, 0.4) is 0 Å². The van der Waals surface area contributed by atoms with Gasteiger partial charge < -0.3 is 20.3 Å². The van der Waals surface area contributed by atoms with Gasteiger partial charge in [-0.25, -0.2) is 4.79 Å². The number of nitrogens with one attached hydrogen (secondary N) is 2. The van der Waals surface area contributed by atoms with Gasteiger partial charge in [0.1, 0.15) is 12.1 Å². The van der Waals surface area contributed by atoms with Gasteiger partial charge in [-0.2, -0.15) is 0 Å². The summed E-state index contributed by atoms with van der Waals surface area (Å²) in [7, 11) is 1.50. The molecule has 0 aromatic rings. The average molecular weight is 542 g/mol. The molecule has 0 aliphatic carbocycles. The normalized spacial score (nSPS) is 12.5. The van der Waals surface area contributed by atoms with Gasteiger partial charge in [0.05, 0.1) is 0 Å². The van der Waals surface area contributed by atoms with Crippen molar-refractivity contribution in [2.75, 3.05) is 26.7 Å². The molecule has 0 unspecified atom stereocenters. The smallest absolute Gasteiger partial charge is 0.410 e. The van der Waals surface area contributed by atoms with Gasteiger partial charge in [-0.05, 0) is 65.7 Å². The standard InChI is InChI=1S/C32H51N3O4/c1-6-7-8-9-10-11-12-13-14-15-16-17-18-19-20-21-22-23-24-25-29(36)33-26-27-34-30(37)28-35(5)31(38)39-32(2,3)4/h7-8,10-11,13-14,16-17,19-20,22-23H,6,9,12,15,18,21,24-28H2,1-5H3,(H,33,36)(H,34,37). The first-order valence-electron chi connectivity index (χ1n) is 14.0. The van der Waals surface area contributed by atoms with E-state index in [1.165, 1.54) is 11.9 Å². The molecule has 0 rings (SSSR count). The summed E-state index contributed by atoms with van der Waals surface area (Å²) in [5.41, 5.74) is -0.614. The SMILES string of the molecule is CCC=CCC=CCC=CCC=CCC=CCC=CCCC(=O)NCCNC(=O)CN(C)C(=O)OC(C)(C)C. The van der Waals surface area contributed by atoms with Crippen LogP contribution < -0.4 is 10.6 Å². The molecule has 0 heterocycles. The number of carbonyl (C=O) groups excluding carboxylic acids is 3. The minimum absolute atomic E-state index is 0.0605. The molecule has 0 atom stereocenters. The number of amides is 3. The summed E-state index contributed by atoms with van der Waals surface area (Å²) < 4.78 is 5.20. The highest BCUT2D eigenvalue weighted by Gasteiger charge is 2.20. The molecule has 0 radical (unpaired) electrons. The minimum atomic E-state index is -0.614. The molecular weight excluding hydrogens is 490 g/mol. The number of allylic oxidation sites excluding steroid dienone is 12. The highest BCUT2D eigenvalue weighted by molar-refractivity contribution is 5.82. The van der Waals surface area contributed by atoms with Gasteiger partial charge in [0.25, 0.3) is 0 Å². The molecule has 0 saturated heterocycles. The first-order valence-corrected chi connectivity index (χ1v) is 14.0. The van der Waals surface area contributed by atoms with Crippen LogP contribution in [0.4, 0.5) is 4.79 Å². The predicted molar refractivity (Wildman–Crippen MR) is 162 cm³/mol. The molecule has 0 spiro atoms. The van der Waals surface area contributed by atoms with Crippen molar-refractivity contribution in [3.63, 3.8) is 0 Å². The highest BCUT2D eigenvalue weighted by atomic mass is 16.6. The van der Waals surface area contributed by atoms with Gasteiger partial charge in [-0.1, -0.05) is 79.8 Å². The van der Waals surface area contributed by atoms with E-state index in [2.05, 4.69) is 84.4 Å². The van der Waals surface area contributed by atoms with Crippen LogP contribution in [0.1, 0.15) is 79.1 Å². The van der Waals surface area contributed by atoms with Crippen LogP contribution in [0.15, 0.2) is 72.9 Å². The van der Waals surface area contributed by atoms with Crippen molar-refractivity contribution >= 4 is 17.9 Å². The zero-order valence-corrected chi connectivity index (χ0v) is 24.8. The van der Waals surface area contributed by atoms with Gasteiger partial charge in [0.15, 0.2) is 0 Å². The molecule has 39 heavy (non-hydrogen) atoms. The lowest BCUT2D eigenvalue weighted by Gasteiger charge is -2.24. The minimum Gasteiger partial charge on any atom is -0.444 e. The van der Waals surface area contributed by atoms with E-state index in [1.54, 1.807) is 20.8 Å². The number of hydrogen-bond acceptors (Lipinski definition) is 4. The molecule has 3 amide bonds. The summed E-state index contributed by atoms with van der Waals surface area (Å²) in [6.45, 7) is 7.98. The molecule has 0 saturated carbocycles. The molecule has 0 aromatic heterocycles. The Bertz CT molecular complexity index is 861. The number of carbonyl (C=O) groups is 3. The fraction of sp³-hybridized carbons (Fsp3) is 0.531. The van der Waals surface area contributed by atoms with Crippen LogP contribution >= 0.6 is 0 Å². The first-order chi connectivity index (χ1) is 18.7. The third kappa shape index (κ3) is 26.1. The summed E-state index contributed by atoms with van der Waals surface area (Å²) in [6.07, 6.45) is 32.2. The van der Waals surface area contributed by atoms with Crippen LogP contribution in [-0.2, 0) is 14.3 Å². The van der Waals surface area contributed by atoms with E-state index in [-0.39, 0.29) is 18.4 Å². The highest BCUT2D eigenvalue weighted by Crippen LogP contribution is 2.08. The van der Waals surface area contributed by atoms with Crippen molar-refractivity contribution in [1.82, 2.24) is 15.5 Å². The Hall–Kier alpha value is -3.35. The third-order valence-corrected chi connectivity index (χ3v) is 4.99. The largest absolute Gasteiger partial charge is 0.444 e. The van der Waals surface area contributed by atoms with E-state index in [0.717, 1.165) is 38.5 Å². The van der Waals surface area contributed by atoms with Crippen molar-refractivity contribution < 1.29 is 19.1 Å². The van der Waals surface area contributed by atoms with Crippen LogP contribution in [0.25, 0.3) is 0 Å². The second kappa shape index (κ2) is 23.7. The molecule has 2 N–H and O–H groups in total. The summed E-state index contributed by atoms with van der Waals surface area (Å²) in [6, 6.07) is 0. The Labute approximate surface area is 236 Å². The van der Waals surface area contributed by atoms with Crippen LogP contribution in [-0.4, -0.2) is 55.1 Å². The van der Waals surface area contributed by atoms with Crippen molar-refractivity contribution in [3.8, 4) is 0 Å². The number of nitrogens with zero attached hydrogens (tertiary/aromatic N) is 1. The molecule has 0 aliphatic heterocycles. The summed E-state index contributed by atoms with van der Waals surface area (Å²) in [4.78, 5) is 36.9. The fourth-order valence-corrected chi connectivity index (χ4v) is 3.02. The molecule has 0 aliphatic rings. The Balaban J connectivity index is 3.75. The molecule has 0 fully saturated rings. The average Bonchev–Trinajstić information content (AvgIpc) is 2.87. The summed E-state index contributed by atoms with van der Waals surface area (Å²) in [5.74, 6) is -0.370. The maximum Gasteiger partial charge on any atom is 0.410 e. The molecule has 7 nitrogen and oxygen atoms in total. The quantitative estimate of drug-likeness (QED) is 0.143. The third-order valence-electron chi connectivity index (χ3n) is 4.99. The van der Waals surface area contributed by atoms with E-state index in [1.807, 2.05) is 6.08 Å². The molecule has 0 aromatic carbocycles. The molecule has 0 bridgehead atoms. The van der Waals surface area contributed by atoms with E-state index >= 15 is 0 Å². The van der Waals surface area contributed by atoms with E-state index in [0.29, 0.717) is 25.9 Å². The number of ether oxygens (including phenoxy) is 1. The fourth-order valence-electron chi connectivity index (χ4n) is 3.02. The zero-order chi connectivity index (χ0) is 29.2. The Morgan fingerprint density at radius 2 is 1.08 bits per heavy atom. The maximum atomic E-state index is 11.9. The Morgan fingerprint density at radius 3 is 1.51 bits per heavy atom. The lowest BCUT2D eigenvalue weighted by Crippen LogP contribution is -2.42. The lowest BCUT2D eigenvalue weighted by atomic mass is 10.2. The topological polar surface area (TPSA) is 87.7 Å². The summed E-state index contributed by atoms with van der Waals surface area (Å²) in [5, 5.41) is 5.46. The Morgan fingerprint density at radius 1 is 0.667 bits per heavy atom. The maximum absolute atomic E-state index is 11.9. The van der Waals surface area contributed by atoms with Crippen molar-refractivity contribution in [2.24, 2.45) is 0 Å². The number of likely N-dealkylation sites (N-methyl/N-ethyl adjacent to an activating group) is 1.